The monoisotopic (exact) mass is 331 g/mol. The van der Waals surface area contributed by atoms with Gasteiger partial charge in [0.1, 0.15) is 0 Å². The SMILES string of the molecule is O=C1C[Se]C(=Nc2ccccc2)NN1c1ccccc1. The van der Waals surface area contributed by atoms with Crippen molar-refractivity contribution in [2.75, 3.05) is 5.01 Å². The van der Waals surface area contributed by atoms with Gasteiger partial charge < -0.3 is 0 Å². The van der Waals surface area contributed by atoms with E-state index in [9.17, 15) is 4.79 Å². The van der Waals surface area contributed by atoms with Gasteiger partial charge in [0, 0.05) is 0 Å². The number of hydrogen-bond acceptors (Lipinski definition) is 2. The second-order valence-electron chi connectivity index (χ2n) is 4.22. The van der Waals surface area contributed by atoms with Gasteiger partial charge >= 0.3 is 123 Å². The fraction of sp³-hybridized carbons (Fsp3) is 0.0667. The fourth-order valence-corrected chi connectivity index (χ4v) is 3.35. The predicted octanol–water partition coefficient (Wildman–Crippen LogP) is 2.35. The second-order valence-corrected chi connectivity index (χ2v) is 6.24. The van der Waals surface area contributed by atoms with Crippen molar-refractivity contribution in [1.29, 1.82) is 0 Å². The number of carbonyl (C=O) groups excluding carboxylic acids is 1. The third-order valence-electron chi connectivity index (χ3n) is 2.79. The number of hydrazine groups is 1. The Morgan fingerprint density at radius 3 is 2.35 bits per heavy atom. The Kier molecular flexibility index (Phi) is 3.81. The second kappa shape index (κ2) is 5.90. The Morgan fingerprint density at radius 1 is 1.00 bits per heavy atom. The van der Waals surface area contributed by atoms with Crippen LogP contribution in [0.15, 0.2) is 65.7 Å². The van der Waals surface area contributed by atoms with Crippen molar-refractivity contribution in [1.82, 2.24) is 5.43 Å². The maximum absolute atomic E-state index is 12.0. The molecule has 1 fully saturated rings. The standard InChI is InChI=1S/C15H13N3OSe/c19-14-11-20-15(16-12-7-3-1-4-8-12)17-18(14)13-9-5-2-6-10-13/h1-10H,11H2,(H,16,17). The summed E-state index contributed by atoms with van der Waals surface area (Å²) in [5.74, 6) is 0.0863. The number of anilines is 1. The molecular weight excluding hydrogens is 317 g/mol. The third kappa shape index (κ3) is 2.90. The number of nitrogens with zero attached hydrogens (tertiary/aromatic N) is 2. The van der Waals surface area contributed by atoms with Gasteiger partial charge in [0.15, 0.2) is 0 Å². The Labute approximate surface area is 123 Å². The molecule has 0 saturated carbocycles. The van der Waals surface area contributed by atoms with Crippen molar-refractivity contribution >= 4 is 37.0 Å². The summed E-state index contributed by atoms with van der Waals surface area (Å²) in [5.41, 5.74) is 4.87. The van der Waals surface area contributed by atoms with Crippen molar-refractivity contribution in [3.63, 3.8) is 0 Å². The number of amides is 1. The number of benzene rings is 2. The van der Waals surface area contributed by atoms with Gasteiger partial charge in [-0.3, -0.25) is 0 Å². The fourth-order valence-electron chi connectivity index (χ4n) is 1.85. The van der Waals surface area contributed by atoms with Crippen LogP contribution in [-0.2, 0) is 4.79 Å². The Balaban J connectivity index is 1.83. The molecule has 2 aromatic rings. The zero-order valence-corrected chi connectivity index (χ0v) is 12.4. The summed E-state index contributed by atoms with van der Waals surface area (Å²) < 4.78 is 0.868. The quantitative estimate of drug-likeness (QED) is 0.859. The van der Waals surface area contributed by atoms with E-state index in [-0.39, 0.29) is 20.9 Å². The molecule has 5 heteroatoms. The van der Waals surface area contributed by atoms with Crippen molar-refractivity contribution in [2.45, 2.75) is 5.32 Å². The molecule has 4 nitrogen and oxygen atoms in total. The maximum atomic E-state index is 12.0. The van der Waals surface area contributed by atoms with Gasteiger partial charge in [0.2, 0.25) is 0 Å². The topological polar surface area (TPSA) is 44.7 Å². The number of rotatable bonds is 2. The van der Waals surface area contributed by atoms with E-state index in [0.717, 1.165) is 16.1 Å². The van der Waals surface area contributed by atoms with Crippen molar-refractivity contribution in [3.8, 4) is 0 Å². The molecule has 1 N–H and O–H groups in total. The van der Waals surface area contributed by atoms with Crippen LogP contribution in [-0.4, -0.2) is 25.6 Å². The molecule has 0 unspecified atom stereocenters. The molecular formula is C15H13N3OSe. The van der Waals surface area contributed by atoms with Crippen LogP contribution in [0.3, 0.4) is 0 Å². The minimum atomic E-state index is 0.0538. The first-order chi connectivity index (χ1) is 9.83. The van der Waals surface area contributed by atoms with Gasteiger partial charge in [-0.1, -0.05) is 0 Å². The van der Waals surface area contributed by atoms with E-state index in [1.165, 1.54) is 0 Å². The summed E-state index contributed by atoms with van der Waals surface area (Å²) in [7, 11) is 0. The van der Waals surface area contributed by atoms with Gasteiger partial charge in [-0.25, -0.2) is 0 Å². The van der Waals surface area contributed by atoms with Gasteiger partial charge in [-0.2, -0.15) is 0 Å². The number of nitrogens with one attached hydrogen (secondary N) is 1. The molecule has 0 atom stereocenters. The molecule has 100 valence electrons. The molecule has 0 bridgehead atoms. The number of hydrogen-bond donors (Lipinski definition) is 1. The van der Waals surface area contributed by atoms with Crippen LogP contribution in [0, 0.1) is 0 Å². The van der Waals surface area contributed by atoms with E-state index in [0.29, 0.717) is 5.32 Å². The molecule has 1 aliphatic heterocycles. The molecule has 20 heavy (non-hydrogen) atoms. The van der Waals surface area contributed by atoms with E-state index in [4.69, 9.17) is 0 Å². The Hall–Kier alpha value is -2.10. The van der Waals surface area contributed by atoms with Gasteiger partial charge in [0.05, 0.1) is 0 Å². The summed E-state index contributed by atoms with van der Waals surface area (Å²) in [6.07, 6.45) is 0. The van der Waals surface area contributed by atoms with Crippen LogP contribution in [0.25, 0.3) is 0 Å². The molecule has 0 aromatic heterocycles. The number of aliphatic imine (C=N–C) groups is 1. The van der Waals surface area contributed by atoms with Crippen LogP contribution in [0.2, 0.25) is 5.32 Å². The van der Waals surface area contributed by atoms with Crippen LogP contribution >= 0.6 is 0 Å². The molecule has 3 rings (SSSR count). The molecule has 0 aliphatic carbocycles. The molecule has 2 aromatic carbocycles. The van der Waals surface area contributed by atoms with Crippen LogP contribution in [0.1, 0.15) is 0 Å². The molecule has 1 heterocycles. The Bertz CT molecular complexity index is 628. The Morgan fingerprint density at radius 2 is 1.65 bits per heavy atom. The van der Waals surface area contributed by atoms with Gasteiger partial charge in [-0.05, 0) is 0 Å². The normalized spacial score (nSPS) is 17.1. The molecule has 1 amide bonds. The van der Waals surface area contributed by atoms with Gasteiger partial charge in [-0.15, -0.1) is 0 Å². The first kappa shape index (κ1) is 12.9. The van der Waals surface area contributed by atoms with Crippen LogP contribution in [0.5, 0.6) is 0 Å². The molecule has 0 radical (unpaired) electrons. The summed E-state index contributed by atoms with van der Waals surface area (Å²) >= 11 is 0.0538. The third-order valence-corrected chi connectivity index (χ3v) is 4.57. The van der Waals surface area contributed by atoms with E-state index < -0.39 is 0 Å². The van der Waals surface area contributed by atoms with Crippen molar-refractivity contribution in [3.05, 3.63) is 60.7 Å². The van der Waals surface area contributed by atoms with E-state index in [2.05, 4.69) is 10.4 Å². The zero-order chi connectivity index (χ0) is 13.8. The van der Waals surface area contributed by atoms with Gasteiger partial charge in [0.25, 0.3) is 0 Å². The number of amidine groups is 1. The average Bonchev–Trinajstić information content (AvgIpc) is 2.51. The van der Waals surface area contributed by atoms with Crippen LogP contribution < -0.4 is 10.4 Å². The summed E-state index contributed by atoms with van der Waals surface area (Å²) in [5, 5.41) is 2.10. The van der Waals surface area contributed by atoms with Crippen LogP contribution in [0.4, 0.5) is 11.4 Å². The molecule has 1 saturated heterocycles. The number of para-hydroxylation sites is 2. The minimum absolute atomic E-state index is 0.0538. The van der Waals surface area contributed by atoms with E-state index in [1.54, 1.807) is 5.01 Å². The average molecular weight is 330 g/mol. The first-order valence-corrected chi connectivity index (χ1v) is 8.31. The first-order valence-electron chi connectivity index (χ1n) is 6.24. The van der Waals surface area contributed by atoms with Crippen molar-refractivity contribution in [2.24, 2.45) is 4.99 Å². The summed E-state index contributed by atoms with van der Waals surface area (Å²) in [6.45, 7) is 0. The summed E-state index contributed by atoms with van der Waals surface area (Å²) in [4.78, 5) is 16.6. The summed E-state index contributed by atoms with van der Waals surface area (Å²) in [6, 6.07) is 19.3. The molecule has 0 spiro atoms. The number of carbonyl (C=O) groups is 1. The molecule has 1 aliphatic rings. The zero-order valence-electron chi connectivity index (χ0n) is 10.7. The predicted molar refractivity (Wildman–Crippen MR) is 81.2 cm³/mol. The van der Waals surface area contributed by atoms with E-state index in [1.807, 2.05) is 60.7 Å². The van der Waals surface area contributed by atoms with E-state index >= 15 is 0 Å². The van der Waals surface area contributed by atoms with Crippen molar-refractivity contribution < 1.29 is 4.79 Å².